The molecule has 0 aromatic rings. The monoisotopic (exact) mass is 173 g/mol. The normalized spacial score (nSPS) is 25.2. The summed E-state index contributed by atoms with van der Waals surface area (Å²) in [5, 5.41) is 13.0. The molecule has 1 saturated heterocycles. The van der Waals surface area contributed by atoms with Crippen LogP contribution >= 0.6 is 0 Å². The Morgan fingerprint density at radius 3 is 2.58 bits per heavy atom. The average Bonchev–Trinajstić information content (AvgIpc) is 2.06. The highest BCUT2D eigenvalue weighted by Crippen LogP contribution is 2.26. The average molecular weight is 173 g/mol. The highest BCUT2D eigenvalue weighted by molar-refractivity contribution is 4.84. The molecule has 1 atom stereocenters. The van der Waals surface area contributed by atoms with E-state index in [2.05, 4.69) is 5.32 Å². The maximum Gasteiger partial charge on any atom is 0.0773 e. The van der Waals surface area contributed by atoms with Crippen LogP contribution in [0.3, 0.4) is 0 Å². The minimum atomic E-state index is -0.571. The van der Waals surface area contributed by atoms with Gasteiger partial charge in [-0.05, 0) is 32.7 Å². The summed E-state index contributed by atoms with van der Waals surface area (Å²) in [6, 6.07) is 0. The summed E-state index contributed by atoms with van der Waals surface area (Å²) in [6.07, 6.45) is 1.96. The fourth-order valence-electron chi connectivity index (χ4n) is 1.82. The lowest BCUT2D eigenvalue weighted by atomic mass is 9.83. The first-order valence-electron chi connectivity index (χ1n) is 4.61. The van der Waals surface area contributed by atoms with Gasteiger partial charge in [0.1, 0.15) is 0 Å². The highest BCUT2D eigenvalue weighted by atomic mass is 16.5. The molecule has 0 aliphatic carbocycles. The van der Waals surface area contributed by atoms with Crippen molar-refractivity contribution < 1.29 is 9.84 Å². The van der Waals surface area contributed by atoms with Gasteiger partial charge in [0.15, 0.2) is 0 Å². The molecule has 3 nitrogen and oxygen atoms in total. The molecule has 1 heterocycles. The molecule has 0 aromatic heterocycles. The van der Waals surface area contributed by atoms with Gasteiger partial charge in [0.2, 0.25) is 0 Å². The molecule has 72 valence electrons. The van der Waals surface area contributed by atoms with Gasteiger partial charge in [0.05, 0.1) is 5.60 Å². The van der Waals surface area contributed by atoms with Crippen molar-refractivity contribution in [1.29, 1.82) is 0 Å². The second-order valence-electron chi connectivity index (χ2n) is 3.77. The molecule has 1 rings (SSSR count). The van der Waals surface area contributed by atoms with E-state index in [1.807, 2.05) is 14.0 Å². The predicted molar refractivity (Wildman–Crippen MR) is 48.1 cm³/mol. The maximum absolute atomic E-state index is 10.0. The first-order chi connectivity index (χ1) is 5.67. The standard InChI is InChI=1S/C9H19NO2/c1-9(11,7-10-2)8-3-5-12-6-4-8/h8,10-11H,3-7H2,1-2H3. The fraction of sp³-hybridized carbons (Fsp3) is 1.00. The van der Waals surface area contributed by atoms with Crippen molar-refractivity contribution in [3.63, 3.8) is 0 Å². The van der Waals surface area contributed by atoms with E-state index in [9.17, 15) is 5.11 Å². The van der Waals surface area contributed by atoms with Crippen LogP contribution in [0.4, 0.5) is 0 Å². The van der Waals surface area contributed by atoms with Gasteiger partial charge in [-0.25, -0.2) is 0 Å². The van der Waals surface area contributed by atoms with Gasteiger partial charge < -0.3 is 15.2 Å². The van der Waals surface area contributed by atoms with Crippen molar-refractivity contribution in [1.82, 2.24) is 5.32 Å². The molecule has 0 radical (unpaired) electrons. The lowest BCUT2D eigenvalue weighted by molar-refractivity contribution is -0.0511. The first-order valence-corrected chi connectivity index (χ1v) is 4.61. The van der Waals surface area contributed by atoms with Crippen LogP contribution in [0.2, 0.25) is 0 Å². The molecule has 0 amide bonds. The minimum absolute atomic E-state index is 0.388. The van der Waals surface area contributed by atoms with Crippen molar-refractivity contribution in [3.8, 4) is 0 Å². The largest absolute Gasteiger partial charge is 0.389 e. The lowest BCUT2D eigenvalue weighted by Crippen LogP contribution is -2.45. The summed E-state index contributed by atoms with van der Waals surface area (Å²) in [5.74, 6) is 0.388. The summed E-state index contributed by atoms with van der Waals surface area (Å²) in [5.41, 5.74) is -0.571. The first kappa shape index (κ1) is 9.96. The molecular weight excluding hydrogens is 154 g/mol. The molecule has 1 aliphatic heterocycles. The Labute approximate surface area is 74.1 Å². The highest BCUT2D eigenvalue weighted by Gasteiger charge is 2.32. The number of hydrogen-bond acceptors (Lipinski definition) is 3. The Morgan fingerprint density at radius 2 is 2.08 bits per heavy atom. The molecule has 0 bridgehead atoms. The second-order valence-corrected chi connectivity index (χ2v) is 3.77. The summed E-state index contributed by atoms with van der Waals surface area (Å²) >= 11 is 0. The van der Waals surface area contributed by atoms with Gasteiger partial charge in [0, 0.05) is 19.8 Å². The van der Waals surface area contributed by atoms with Crippen molar-refractivity contribution in [2.45, 2.75) is 25.4 Å². The molecule has 2 N–H and O–H groups in total. The van der Waals surface area contributed by atoms with Crippen molar-refractivity contribution in [3.05, 3.63) is 0 Å². The van der Waals surface area contributed by atoms with Gasteiger partial charge in [-0.1, -0.05) is 0 Å². The molecule has 1 unspecified atom stereocenters. The summed E-state index contributed by atoms with van der Waals surface area (Å²) < 4.78 is 5.24. The van der Waals surface area contributed by atoms with E-state index in [4.69, 9.17) is 4.74 Å². The zero-order valence-corrected chi connectivity index (χ0v) is 7.97. The minimum Gasteiger partial charge on any atom is -0.389 e. The number of rotatable bonds is 3. The molecule has 1 aliphatic rings. The third-order valence-corrected chi connectivity index (χ3v) is 2.64. The molecule has 0 aromatic carbocycles. The number of aliphatic hydroxyl groups is 1. The molecule has 1 fully saturated rings. The van der Waals surface area contributed by atoms with Gasteiger partial charge in [0.25, 0.3) is 0 Å². The maximum atomic E-state index is 10.0. The van der Waals surface area contributed by atoms with Crippen molar-refractivity contribution in [2.75, 3.05) is 26.8 Å². The van der Waals surface area contributed by atoms with Crippen molar-refractivity contribution >= 4 is 0 Å². The Bertz CT molecular complexity index is 130. The van der Waals surface area contributed by atoms with Gasteiger partial charge in [-0.2, -0.15) is 0 Å². The van der Waals surface area contributed by atoms with Gasteiger partial charge >= 0.3 is 0 Å². The van der Waals surface area contributed by atoms with Crippen LogP contribution in [0.15, 0.2) is 0 Å². The zero-order valence-electron chi connectivity index (χ0n) is 7.97. The van der Waals surface area contributed by atoms with Crippen LogP contribution in [0.5, 0.6) is 0 Å². The van der Waals surface area contributed by atoms with E-state index < -0.39 is 5.60 Å². The molecule has 3 heteroatoms. The smallest absolute Gasteiger partial charge is 0.0773 e. The molecular formula is C9H19NO2. The third kappa shape index (κ3) is 2.44. The second kappa shape index (κ2) is 4.21. The Hall–Kier alpha value is -0.120. The predicted octanol–water partition coefficient (Wildman–Crippen LogP) is 0.383. The van der Waals surface area contributed by atoms with E-state index in [0.29, 0.717) is 12.5 Å². The summed E-state index contributed by atoms with van der Waals surface area (Å²) in [6.45, 7) is 4.16. The summed E-state index contributed by atoms with van der Waals surface area (Å²) in [7, 11) is 1.87. The van der Waals surface area contributed by atoms with E-state index in [0.717, 1.165) is 26.1 Å². The number of ether oxygens (including phenoxy) is 1. The lowest BCUT2D eigenvalue weighted by Gasteiger charge is -2.35. The Morgan fingerprint density at radius 1 is 1.50 bits per heavy atom. The Kier molecular flexibility index (Phi) is 3.50. The van der Waals surface area contributed by atoms with Crippen molar-refractivity contribution in [2.24, 2.45) is 5.92 Å². The van der Waals surface area contributed by atoms with E-state index in [1.54, 1.807) is 0 Å². The van der Waals surface area contributed by atoms with Crippen LogP contribution < -0.4 is 5.32 Å². The number of hydrogen-bond donors (Lipinski definition) is 2. The molecule has 0 saturated carbocycles. The van der Waals surface area contributed by atoms with Crippen LogP contribution in [0, 0.1) is 5.92 Å². The van der Waals surface area contributed by atoms with Crippen LogP contribution in [-0.2, 0) is 4.74 Å². The van der Waals surface area contributed by atoms with E-state index in [1.165, 1.54) is 0 Å². The molecule has 0 spiro atoms. The van der Waals surface area contributed by atoms with Crippen LogP contribution in [0.1, 0.15) is 19.8 Å². The number of nitrogens with one attached hydrogen (secondary N) is 1. The van der Waals surface area contributed by atoms with Crippen LogP contribution in [0.25, 0.3) is 0 Å². The molecule has 12 heavy (non-hydrogen) atoms. The third-order valence-electron chi connectivity index (χ3n) is 2.64. The summed E-state index contributed by atoms with van der Waals surface area (Å²) in [4.78, 5) is 0. The quantitative estimate of drug-likeness (QED) is 0.648. The SMILES string of the molecule is CNCC(C)(O)C1CCOCC1. The van der Waals surface area contributed by atoms with Gasteiger partial charge in [-0.15, -0.1) is 0 Å². The van der Waals surface area contributed by atoms with E-state index >= 15 is 0 Å². The topological polar surface area (TPSA) is 41.5 Å². The van der Waals surface area contributed by atoms with Gasteiger partial charge in [-0.3, -0.25) is 0 Å². The van der Waals surface area contributed by atoms with Crippen LogP contribution in [-0.4, -0.2) is 37.5 Å². The number of likely N-dealkylation sites (N-methyl/N-ethyl adjacent to an activating group) is 1. The Balaban J connectivity index is 2.41. The fourth-order valence-corrected chi connectivity index (χ4v) is 1.82. The zero-order chi connectivity index (χ0) is 9.03. The van der Waals surface area contributed by atoms with E-state index in [-0.39, 0.29) is 0 Å².